The molecule has 1 atom stereocenters. The van der Waals surface area contributed by atoms with Crippen LogP contribution in [0.25, 0.3) is 6.08 Å². The highest BCUT2D eigenvalue weighted by Crippen LogP contribution is 2.37. The van der Waals surface area contributed by atoms with E-state index in [9.17, 15) is 14.4 Å². The number of halogens is 1. The lowest BCUT2D eigenvalue weighted by Crippen LogP contribution is -2.43. The van der Waals surface area contributed by atoms with Crippen LogP contribution >= 0.6 is 22.9 Å². The summed E-state index contributed by atoms with van der Waals surface area (Å²) in [4.78, 5) is 46.4. The molecule has 44 heavy (non-hydrogen) atoms. The minimum absolute atomic E-state index is 0.135. The molecule has 2 aliphatic rings. The Bertz CT molecular complexity index is 1790. The minimum atomic E-state index is -0.879. The number of methoxy groups -OCH3 is 2. The van der Waals surface area contributed by atoms with Crippen LogP contribution in [0.15, 0.2) is 57.5 Å². The molecular formula is C31H32ClN3O8S. The van der Waals surface area contributed by atoms with Gasteiger partial charge in [0.1, 0.15) is 11.8 Å². The Morgan fingerprint density at radius 1 is 1.09 bits per heavy atom. The molecule has 0 N–H and O–H groups in total. The van der Waals surface area contributed by atoms with Crippen molar-refractivity contribution in [1.82, 2.24) is 9.47 Å². The fraction of sp³-hybridized carbons (Fsp3) is 0.355. The van der Waals surface area contributed by atoms with E-state index in [4.69, 9.17) is 35.3 Å². The van der Waals surface area contributed by atoms with Crippen molar-refractivity contribution in [3.8, 4) is 17.2 Å². The van der Waals surface area contributed by atoms with Crippen LogP contribution in [0, 0.1) is 0 Å². The number of esters is 1. The quantitative estimate of drug-likeness (QED) is 0.328. The molecule has 1 aromatic heterocycles. The molecule has 2 aliphatic heterocycles. The molecule has 232 valence electrons. The number of nitrogens with zero attached hydrogens (tertiary/aromatic N) is 3. The first-order valence-electron chi connectivity index (χ1n) is 13.9. The predicted molar refractivity (Wildman–Crippen MR) is 164 cm³/mol. The fourth-order valence-corrected chi connectivity index (χ4v) is 6.32. The normalized spacial score (nSPS) is 16.7. The standard InChI is InChI=1S/C31H32ClN3O8S/c1-5-42-30(38)27-18(2)33-31-35(28(27)21-16-20(32)7-9-22(21)39-3)29(37)25(44-31)15-19-6-8-23(24(14-19)40-4)43-17-26(36)34-10-12-41-13-11-34/h6-9,14-16,28H,5,10-13,17H2,1-4H3/b25-15-/t28-/m0/s1. The van der Waals surface area contributed by atoms with Crippen LogP contribution in [0.2, 0.25) is 5.02 Å². The summed E-state index contributed by atoms with van der Waals surface area (Å²) >= 11 is 7.55. The van der Waals surface area contributed by atoms with E-state index in [1.54, 1.807) is 61.2 Å². The number of aromatic nitrogens is 1. The molecular weight excluding hydrogens is 610 g/mol. The smallest absolute Gasteiger partial charge is 0.338 e. The Hall–Kier alpha value is -4.13. The first kappa shape index (κ1) is 31.3. The lowest BCUT2D eigenvalue weighted by atomic mass is 9.95. The number of hydrogen-bond acceptors (Lipinski definition) is 10. The minimum Gasteiger partial charge on any atom is -0.496 e. The third kappa shape index (κ3) is 6.37. The van der Waals surface area contributed by atoms with Gasteiger partial charge in [-0.25, -0.2) is 9.79 Å². The van der Waals surface area contributed by atoms with E-state index in [2.05, 4.69) is 4.99 Å². The largest absolute Gasteiger partial charge is 0.496 e. The van der Waals surface area contributed by atoms with Crippen LogP contribution < -0.4 is 29.1 Å². The van der Waals surface area contributed by atoms with Crippen LogP contribution in [0.1, 0.15) is 31.0 Å². The maximum atomic E-state index is 14.0. The van der Waals surface area contributed by atoms with Crippen molar-refractivity contribution in [2.24, 2.45) is 4.99 Å². The molecule has 1 saturated heterocycles. The number of hydrogen-bond donors (Lipinski definition) is 0. The van der Waals surface area contributed by atoms with Crippen molar-refractivity contribution in [1.29, 1.82) is 0 Å². The van der Waals surface area contributed by atoms with Crippen molar-refractivity contribution in [3.63, 3.8) is 0 Å². The van der Waals surface area contributed by atoms with Gasteiger partial charge in [-0.05, 0) is 55.8 Å². The molecule has 0 saturated carbocycles. The van der Waals surface area contributed by atoms with Gasteiger partial charge in [-0.3, -0.25) is 14.2 Å². The Labute approximate surface area is 262 Å². The summed E-state index contributed by atoms with van der Waals surface area (Å²) in [5, 5.41) is 0.418. The van der Waals surface area contributed by atoms with E-state index < -0.39 is 12.0 Å². The van der Waals surface area contributed by atoms with Crippen molar-refractivity contribution in [3.05, 3.63) is 83.5 Å². The van der Waals surface area contributed by atoms with E-state index in [-0.39, 0.29) is 30.3 Å². The Kier molecular flexibility index (Phi) is 9.72. The van der Waals surface area contributed by atoms with Crippen LogP contribution in [-0.4, -0.2) is 75.1 Å². The Morgan fingerprint density at radius 3 is 2.52 bits per heavy atom. The zero-order chi connectivity index (χ0) is 31.4. The second-order valence-corrected chi connectivity index (χ2v) is 11.3. The zero-order valence-electron chi connectivity index (χ0n) is 24.8. The molecule has 0 bridgehead atoms. The number of amides is 1. The molecule has 3 aromatic rings. The highest BCUT2D eigenvalue weighted by Gasteiger charge is 2.35. The van der Waals surface area contributed by atoms with Crippen LogP contribution in [-0.2, 0) is 19.1 Å². The van der Waals surface area contributed by atoms with Crippen LogP contribution in [0.3, 0.4) is 0 Å². The van der Waals surface area contributed by atoms with Gasteiger partial charge >= 0.3 is 5.97 Å². The topological polar surface area (TPSA) is 118 Å². The van der Waals surface area contributed by atoms with Gasteiger partial charge in [-0.2, -0.15) is 0 Å². The lowest BCUT2D eigenvalue weighted by molar-refractivity contribution is -0.139. The van der Waals surface area contributed by atoms with Gasteiger partial charge in [-0.1, -0.05) is 29.0 Å². The van der Waals surface area contributed by atoms with Crippen molar-refractivity contribution >= 4 is 40.9 Å². The monoisotopic (exact) mass is 641 g/mol. The van der Waals surface area contributed by atoms with Gasteiger partial charge in [0.15, 0.2) is 22.9 Å². The third-order valence-electron chi connectivity index (χ3n) is 7.20. The summed E-state index contributed by atoms with van der Waals surface area (Å²) in [5.41, 5.74) is 1.49. The Balaban J connectivity index is 1.53. The van der Waals surface area contributed by atoms with Gasteiger partial charge in [0.2, 0.25) is 0 Å². The predicted octanol–water partition coefficient (Wildman–Crippen LogP) is 2.71. The molecule has 1 amide bonds. The van der Waals surface area contributed by atoms with Crippen molar-refractivity contribution in [2.75, 3.05) is 53.7 Å². The number of fused-ring (bicyclic) bond motifs is 1. The second kappa shape index (κ2) is 13.7. The highest BCUT2D eigenvalue weighted by molar-refractivity contribution is 7.07. The molecule has 0 unspecified atom stereocenters. The summed E-state index contributed by atoms with van der Waals surface area (Å²) in [6.45, 7) is 5.51. The summed E-state index contributed by atoms with van der Waals surface area (Å²) in [7, 11) is 3.01. The van der Waals surface area contributed by atoms with E-state index in [0.717, 1.165) is 0 Å². The van der Waals surface area contributed by atoms with E-state index in [1.807, 2.05) is 0 Å². The summed E-state index contributed by atoms with van der Waals surface area (Å²) in [6.07, 6.45) is 1.71. The van der Waals surface area contributed by atoms with E-state index in [0.29, 0.717) is 74.7 Å². The summed E-state index contributed by atoms with van der Waals surface area (Å²) < 4.78 is 29.4. The number of carbonyl (C=O) groups is 2. The molecule has 0 aliphatic carbocycles. The zero-order valence-corrected chi connectivity index (χ0v) is 26.3. The number of allylic oxidation sites excluding steroid dienone is 1. The van der Waals surface area contributed by atoms with Gasteiger partial charge < -0.3 is 28.6 Å². The van der Waals surface area contributed by atoms with E-state index >= 15 is 0 Å². The summed E-state index contributed by atoms with van der Waals surface area (Å²) in [5.74, 6) is 0.544. The Morgan fingerprint density at radius 2 is 1.82 bits per heavy atom. The van der Waals surface area contributed by atoms with E-state index in [1.165, 1.54) is 30.1 Å². The molecule has 2 aromatic carbocycles. The molecule has 11 nitrogen and oxygen atoms in total. The number of carbonyl (C=O) groups excluding carboxylic acids is 2. The average Bonchev–Trinajstić information content (AvgIpc) is 3.33. The number of morpholine rings is 1. The van der Waals surface area contributed by atoms with Gasteiger partial charge in [-0.15, -0.1) is 0 Å². The average molecular weight is 642 g/mol. The maximum absolute atomic E-state index is 14.0. The molecule has 0 radical (unpaired) electrons. The van der Waals surface area contributed by atoms with Crippen LogP contribution in [0.5, 0.6) is 17.2 Å². The number of rotatable bonds is 9. The molecule has 5 rings (SSSR count). The number of ether oxygens (including phenoxy) is 5. The van der Waals surface area contributed by atoms with Crippen molar-refractivity contribution < 1.29 is 33.3 Å². The maximum Gasteiger partial charge on any atom is 0.338 e. The van der Waals surface area contributed by atoms with Crippen molar-refractivity contribution in [2.45, 2.75) is 19.9 Å². The van der Waals surface area contributed by atoms with Gasteiger partial charge in [0.05, 0.1) is 49.8 Å². The second-order valence-electron chi connectivity index (χ2n) is 9.88. The highest BCUT2D eigenvalue weighted by atomic mass is 35.5. The number of benzene rings is 2. The molecule has 0 spiro atoms. The van der Waals surface area contributed by atoms with Gasteiger partial charge in [0.25, 0.3) is 11.5 Å². The molecule has 13 heteroatoms. The third-order valence-corrected chi connectivity index (χ3v) is 8.42. The first-order valence-corrected chi connectivity index (χ1v) is 15.1. The lowest BCUT2D eigenvalue weighted by Gasteiger charge is -2.26. The molecule has 1 fully saturated rings. The number of thiazole rings is 1. The summed E-state index contributed by atoms with van der Waals surface area (Å²) in [6, 6.07) is 9.34. The SMILES string of the molecule is CCOC(=O)C1=C(C)N=c2s/c(=C\c3ccc(OCC(=O)N4CCOCC4)c(OC)c3)c(=O)n2[C@H]1c1cc(Cl)ccc1OC. The molecule has 3 heterocycles. The fourth-order valence-electron chi connectivity index (χ4n) is 5.09. The first-order chi connectivity index (χ1) is 21.2. The van der Waals surface area contributed by atoms with Crippen LogP contribution in [0.4, 0.5) is 0 Å². The van der Waals surface area contributed by atoms with Gasteiger partial charge in [0, 0.05) is 23.7 Å².